The molecule has 0 aromatic heterocycles. The Kier molecular flexibility index (Phi) is 10.5. The second kappa shape index (κ2) is 13.1. The average molecular weight is 513 g/mol. The van der Waals surface area contributed by atoms with Crippen LogP contribution in [0.2, 0.25) is 0 Å². The summed E-state index contributed by atoms with van der Waals surface area (Å²) in [6.07, 6.45) is -2.78. The summed E-state index contributed by atoms with van der Waals surface area (Å²) in [6, 6.07) is -0.679. The number of hydroxylamine groups is 2. The lowest BCUT2D eigenvalue weighted by atomic mass is 9.83. The number of ketones is 1. The van der Waals surface area contributed by atoms with Crippen molar-refractivity contribution in [1.29, 1.82) is 0 Å². The fourth-order valence-corrected chi connectivity index (χ4v) is 4.17. The van der Waals surface area contributed by atoms with Gasteiger partial charge < -0.3 is 24.4 Å². The number of ether oxygens (including phenoxy) is 3. The number of imide groups is 1. The maximum Gasteiger partial charge on any atom is 0.333 e. The first-order valence-corrected chi connectivity index (χ1v) is 11.7. The minimum atomic E-state index is -0.860. The van der Waals surface area contributed by atoms with Gasteiger partial charge in [0.15, 0.2) is 0 Å². The van der Waals surface area contributed by atoms with Crippen LogP contribution < -0.4 is 5.32 Å². The highest BCUT2D eigenvalue weighted by Crippen LogP contribution is 2.31. The van der Waals surface area contributed by atoms with Crippen LogP contribution in [0.25, 0.3) is 0 Å². The van der Waals surface area contributed by atoms with Crippen molar-refractivity contribution in [3.05, 3.63) is 0 Å². The smallest absolute Gasteiger partial charge is 0.333 e. The van der Waals surface area contributed by atoms with Gasteiger partial charge in [-0.25, -0.2) is 4.79 Å². The molecule has 200 valence electrons. The van der Waals surface area contributed by atoms with E-state index in [1.54, 1.807) is 6.92 Å². The Morgan fingerprint density at radius 1 is 0.972 bits per heavy atom. The number of Topliss-reactive ketones (excluding diaryl/α,β-unsaturated/α-hetero) is 1. The molecule has 0 radical (unpaired) electrons. The first kappa shape index (κ1) is 28.9. The van der Waals surface area contributed by atoms with Gasteiger partial charge in [0.2, 0.25) is 5.91 Å². The van der Waals surface area contributed by atoms with E-state index in [4.69, 9.17) is 19.0 Å². The van der Waals surface area contributed by atoms with Crippen LogP contribution in [0, 0.1) is 5.92 Å². The van der Waals surface area contributed by atoms with Crippen LogP contribution in [0.4, 0.5) is 0 Å². The quantitative estimate of drug-likeness (QED) is 0.294. The summed E-state index contributed by atoms with van der Waals surface area (Å²) in [7, 11) is 0. The monoisotopic (exact) mass is 512 g/mol. The zero-order chi connectivity index (χ0) is 27.0. The number of amides is 3. The van der Waals surface area contributed by atoms with E-state index in [1.807, 2.05) is 0 Å². The fourth-order valence-electron chi connectivity index (χ4n) is 4.17. The normalized spacial score (nSPS) is 25.8. The summed E-state index contributed by atoms with van der Waals surface area (Å²) in [5, 5.41) is 3.19. The number of nitrogens with one attached hydrogen (secondary N) is 1. The van der Waals surface area contributed by atoms with E-state index >= 15 is 0 Å². The molecule has 2 aliphatic rings. The highest BCUT2D eigenvalue weighted by atomic mass is 16.7. The SMILES string of the molecule is CC(=O)NC1C(CC(=O)CCCC(=O)ON2C(=O)CCC2=O)OC(COC(C)=O)C(OC(C)=O)C1C. The number of carbonyl (C=O) groups excluding carboxylic acids is 7. The summed E-state index contributed by atoms with van der Waals surface area (Å²) in [5.41, 5.74) is 0. The maximum atomic E-state index is 12.7. The summed E-state index contributed by atoms with van der Waals surface area (Å²) < 4.78 is 16.4. The van der Waals surface area contributed by atoms with Crippen LogP contribution in [-0.2, 0) is 52.6 Å². The maximum absolute atomic E-state index is 12.7. The molecule has 0 saturated carbocycles. The molecule has 36 heavy (non-hydrogen) atoms. The molecule has 3 amide bonds. The van der Waals surface area contributed by atoms with Gasteiger partial charge in [0.05, 0.1) is 12.1 Å². The van der Waals surface area contributed by atoms with Crippen molar-refractivity contribution >= 4 is 41.4 Å². The number of hydrogen-bond donors (Lipinski definition) is 1. The third-order valence-corrected chi connectivity index (χ3v) is 5.79. The molecular formula is C23H32N2O11. The molecule has 13 heteroatoms. The van der Waals surface area contributed by atoms with Gasteiger partial charge >= 0.3 is 17.9 Å². The van der Waals surface area contributed by atoms with E-state index in [2.05, 4.69) is 5.32 Å². The zero-order valence-electron chi connectivity index (χ0n) is 20.8. The minimum Gasteiger partial charge on any atom is -0.463 e. The van der Waals surface area contributed by atoms with Gasteiger partial charge in [-0.05, 0) is 6.42 Å². The van der Waals surface area contributed by atoms with Crippen molar-refractivity contribution in [2.24, 2.45) is 5.92 Å². The summed E-state index contributed by atoms with van der Waals surface area (Å²) in [6.45, 7) is 5.26. The van der Waals surface area contributed by atoms with Gasteiger partial charge in [-0.3, -0.25) is 28.8 Å². The van der Waals surface area contributed by atoms with E-state index in [0.29, 0.717) is 5.06 Å². The summed E-state index contributed by atoms with van der Waals surface area (Å²) in [4.78, 5) is 87.2. The predicted octanol–water partition coefficient (Wildman–Crippen LogP) is 0.126. The van der Waals surface area contributed by atoms with Crippen molar-refractivity contribution in [1.82, 2.24) is 10.4 Å². The Labute approximate surface area is 208 Å². The fraction of sp³-hybridized carbons (Fsp3) is 0.696. The molecule has 5 atom stereocenters. The van der Waals surface area contributed by atoms with Crippen LogP contribution >= 0.6 is 0 Å². The molecule has 13 nitrogen and oxygen atoms in total. The second-order valence-electron chi connectivity index (χ2n) is 8.82. The predicted molar refractivity (Wildman–Crippen MR) is 118 cm³/mol. The van der Waals surface area contributed by atoms with Gasteiger partial charge in [0.25, 0.3) is 11.8 Å². The van der Waals surface area contributed by atoms with Crippen molar-refractivity contribution in [3.8, 4) is 0 Å². The van der Waals surface area contributed by atoms with Crippen LogP contribution in [-0.4, -0.2) is 77.4 Å². The van der Waals surface area contributed by atoms with Crippen LogP contribution in [0.1, 0.15) is 66.2 Å². The topological polar surface area (TPSA) is 172 Å². The summed E-state index contributed by atoms with van der Waals surface area (Å²) >= 11 is 0. The van der Waals surface area contributed by atoms with Crippen molar-refractivity contribution in [2.75, 3.05) is 6.61 Å². The van der Waals surface area contributed by atoms with Crippen LogP contribution in [0.5, 0.6) is 0 Å². The molecule has 2 fully saturated rings. The zero-order valence-corrected chi connectivity index (χ0v) is 20.8. The van der Waals surface area contributed by atoms with Crippen LogP contribution in [0.3, 0.4) is 0 Å². The van der Waals surface area contributed by atoms with Crippen LogP contribution in [0.15, 0.2) is 0 Å². The minimum absolute atomic E-state index is 0.0172. The Hall–Kier alpha value is -3.35. The largest absolute Gasteiger partial charge is 0.463 e. The number of rotatable bonds is 11. The standard InChI is InChI=1S/C23H32N2O11/c1-12-22(24-13(2)26)17(35-18(11-33-14(3)27)23(12)34-15(4)28)10-16(29)6-5-7-21(32)36-25-19(30)8-9-20(25)31/h12,17-18,22-23H,5-11H2,1-4H3,(H,24,26). The van der Waals surface area contributed by atoms with Gasteiger partial charge in [0.1, 0.15) is 24.6 Å². The van der Waals surface area contributed by atoms with Crippen molar-refractivity contribution in [2.45, 2.75) is 90.6 Å². The third kappa shape index (κ3) is 8.40. The molecule has 0 spiro atoms. The van der Waals surface area contributed by atoms with Gasteiger partial charge in [0, 0.05) is 58.8 Å². The lowest BCUT2D eigenvalue weighted by Crippen LogP contribution is -2.61. The molecule has 2 aliphatic heterocycles. The Morgan fingerprint density at radius 2 is 1.61 bits per heavy atom. The number of hydrogen-bond acceptors (Lipinski definition) is 11. The average Bonchev–Trinajstić information content (AvgIpc) is 3.08. The molecule has 2 saturated heterocycles. The molecular weight excluding hydrogens is 480 g/mol. The molecule has 2 rings (SSSR count). The van der Waals surface area contributed by atoms with Gasteiger partial charge in [-0.2, -0.15) is 0 Å². The number of nitrogens with zero attached hydrogens (tertiary/aromatic N) is 1. The molecule has 0 aromatic carbocycles. The van der Waals surface area contributed by atoms with E-state index < -0.39 is 60.0 Å². The molecule has 2 heterocycles. The molecule has 0 aromatic rings. The van der Waals surface area contributed by atoms with E-state index in [1.165, 1.54) is 20.8 Å². The Balaban J connectivity index is 1.99. The van der Waals surface area contributed by atoms with E-state index in [-0.39, 0.29) is 56.8 Å². The first-order valence-electron chi connectivity index (χ1n) is 11.7. The summed E-state index contributed by atoms with van der Waals surface area (Å²) in [5.74, 6) is -4.26. The highest BCUT2D eigenvalue weighted by Gasteiger charge is 2.46. The van der Waals surface area contributed by atoms with Gasteiger partial charge in [-0.1, -0.05) is 6.92 Å². The molecule has 0 aliphatic carbocycles. The molecule has 0 bridgehead atoms. The lowest BCUT2D eigenvalue weighted by molar-refractivity contribution is -0.200. The number of esters is 2. The first-order chi connectivity index (χ1) is 16.9. The number of carbonyl (C=O) groups is 7. The Morgan fingerprint density at radius 3 is 2.17 bits per heavy atom. The van der Waals surface area contributed by atoms with E-state index in [9.17, 15) is 33.6 Å². The Bertz CT molecular complexity index is 884. The lowest BCUT2D eigenvalue weighted by Gasteiger charge is -2.45. The molecule has 1 N–H and O–H groups in total. The second-order valence-corrected chi connectivity index (χ2v) is 8.82. The van der Waals surface area contributed by atoms with Crippen molar-refractivity contribution < 1.29 is 52.6 Å². The highest BCUT2D eigenvalue weighted by molar-refractivity contribution is 6.01. The third-order valence-electron chi connectivity index (χ3n) is 5.79. The van der Waals surface area contributed by atoms with E-state index in [0.717, 1.165) is 0 Å². The van der Waals surface area contributed by atoms with Crippen molar-refractivity contribution in [3.63, 3.8) is 0 Å². The molecule has 5 unspecified atom stereocenters. The van der Waals surface area contributed by atoms with Gasteiger partial charge in [-0.15, -0.1) is 5.06 Å².